The molecule has 55 heavy (non-hydrogen) atoms. The first-order chi connectivity index (χ1) is 26.4. The fourth-order valence-electron chi connectivity index (χ4n) is 6.78. The quantitative estimate of drug-likeness (QED) is 0.0259. The number of hydrogen-bond acceptors (Lipinski definition) is 9. The Labute approximate surface area is 329 Å². The normalized spacial score (nSPS) is 13.5. The van der Waals surface area contributed by atoms with Crippen molar-refractivity contribution in [2.24, 2.45) is 11.3 Å². The molecule has 0 aliphatic rings. The number of carboxylic acids is 2. The van der Waals surface area contributed by atoms with E-state index in [1.165, 1.54) is 109 Å². The molecule has 3 unspecified atom stereocenters. The summed E-state index contributed by atoms with van der Waals surface area (Å²) < 4.78 is 17.4. The van der Waals surface area contributed by atoms with Gasteiger partial charge in [-0.2, -0.15) is 0 Å². The predicted octanol–water partition coefficient (Wildman–Crippen LogP) is 9.54. The van der Waals surface area contributed by atoms with Crippen molar-refractivity contribution in [2.75, 3.05) is 19.8 Å². The lowest BCUT2D eigenvalue weighted by Gasteiger charge is -2.32. The van der Waals surface area contributed by atoms with E-state index in [0.717, 1.165) is 45.6 Å². The smallest absolute Gasteiger partial charge is 0.330 e. The van der Waals surface area contributed by atoms with Gasteiger partial charge < -0.3 is 29.5 Å². The first-order valence-corrected chi connectivity index (χ1v) is 20.8. The van der Waals surface area contributed by atoms with Gasteiger partial charge in [0.25, 0.3) is 0 Å². The van der Waals surface area contributed by atoms with Gasteiger partial charge in [0.1, 0.15) is 29.5 Å². The second kappa shape index (κ2) is 29.5. The maximum Gasteiger partial charge on any atom is 0.330 e. The minimum absolute atomic E-state index is 0.530. The van der Waals surface area contributed by atoms with Crippen LogP contribution < -0.4 is 9.47 Å². The monoisotopic (exact) mass is 774 g/mol. The molecule has 0 heterocycles. The fourth-order valence-corrected chi connectivity index (χ4v) is 6.78. The van der Waals surface area contributed by atoms with E-state index in [0.29, 0.717) is 30.3 Å². The third-order valence-electron chi connectivity index (χ3n) is 10.0. The predicted molar refractivity (Wildman–Crippen MR) is 214 cm³/mol. The first-order valence-electron chi connectivity index (χ1n) is 20.8. The van der Waals surface area contributed by atoms with E-state index in [-0.39, 0.29) is 0 Å². The number of carbonyl (C=O) groups excluding carboxylic acids is 3. The average molecular weight is 775 g/mol. The molecular weight excluding hydrogens is 704 g/mol. The molecule has 0 bridgehead atoms. The summed E-state index contributed by atoms with van der Waals surface area (Å²) in [6.45, 7) is 6.55. The first kappa shape index (κ1) is 49.3. The van der Waals surface area contributed by atoms with Crippen LogP contribution in [0.25, 0.3) is 6.08 Å². The molecule has 312 valence electrons. The van der Waals surface area contributed by atoms with Crippen LogP contribution in [0.5, 0.6) is 11.5 Å². The summed E-state index contributed by atoms with van der Waals surface area (Å²) >= 11 is 0. The largest absolute Gasteiger partial charge is 0.490 e. The highest BCUT2D eigenvalue weighted by molar-refractivity contribution is 6.12. The number of ether oxygens (including phenoxy) is 3. The topological polar surface area (TPSA) is 174 Å². The lowest BCUT2D eigenvalue weighted by Crippen LogP contribution is -2.52. The van der Waals surface area contributed by atoms with E-state index >= 15 is 0 Å². The molecule has 0 saturated heterocycles. The number of carbonyl (C=O) groups is 5. The lowest BCUT2D eigenvalue weighted by molar-refractivity contribution is -0.173. The molecule has 0 aromatic heterocycles. The number of rotatable bonds is 35. The van der Waals surface area contributed by atoms with Gasteiger partial charge in [-0.05, 0) is 50.5 Å². The molecule has 3 N–H and O–H groups in total. The van der Waals surface area contributed by atoms with Crippen molar-refractivity contribution in [1.29, 1.82) is 0 Å². The number of esters is 1. The van der Waals surface area contributed by atoms with Gasteiger partial charge in [0.15, 0.2) is 11.5 Å². The standard InChI is InChI=1S/C44H70O11/c1-5-7-9-11-13-15-17-19-21-23-29-53-38-27-25-36(31-39(38)54-30-24-22-20-18-16-14-12-10-8-6-2)26-28-40(48)55-33-37(47)32-44(35(4)46,43(51)52)41(34(3)45)42(49)50/h25-28,31,37,41,47H,5-24,29-30,32-33H2,1-4H3,(H,49,50)(H,51,52). The second-order valence-electron chi connectivity index (χ2n) is 14.8. The minimum Gasteiger partial charge on any atom is -0.490 e. The van der Waals surface area contributed by atoms with Crippen LogP contribution in [-0.4, -0.2) is 70.7 Å². The summed E-state index contributed by atoms with van der Waals surface area (Å²) in [6.07, 6.45) is 24.4. The number of benzene rings is 1. The Balaban J connectivity index is 2.81. The molecule has 1 rings (SSSR count). The maximum atomic E-state index is 12.6. The molecule has 3 atom stereocenters. The SMILES string of the molecule is CCCCCCCCCCCCOc1ccc(C=CC(=O)OCC(O)CC(C(C)=O)(C(=O)O)C(C(C)=O)C(=O)O)cc1OCCCCCCCCCCCC. The van der Waals surface area contributed by atoms with Gasteiger partial charge in [0.2, 0.25) is 0 Å². The van der Waals surface area contributed by atoms with Crippen molar-refractivity contribution in [3.05, 3.63) is 29.8 Å². The number of ketones is 2. The third kappa shape index (κ3) is 20.1. The molecule has 0 aliphatic heterocycles. The number of carboxylic acid groups (broad SMARTS) is 2. The highest BCUT2D eigenvalue weighted by Gasteiger charge is 2.56. The van der Waals surface area contributed by atoms with Crippen LogP contribution in [0.4, 0.5) is 0 Å². The zero-order valence-corrected chi connectivity index (χ0v) is 34.1. The fraction of sp³-hybridized carbons (Fsp3) is 0.705. The van der Waals surface area contributed by atoms with Gasteiger partial charge in [-0.1, -0.05) is 135 Å². The Morgan fingerprint density at radius 2 is 1.13 bits per heavy atom. The molecule has 0 aliphatic carbocycles. The average Bonchev–Trinajstić information content (AvgIpc) is 3.14. The van der Waals surface area contributed by atoms with E-state index in [2.05, 4.69) is 13.8 Å². The summed E-state index contributed by atoms with van der Waals surface area (Å²) in [6, 6.07) is 5.37. The van der Waals surface area contributed by atoms with Crippen LogP contribution in [0.15, 0.2) is 24.3 Å². The Bertz CT molecular complexity index is 1280. The van der Waals surface area contributed by atoms with Crippen molar-refractivity contribution in [3.8, 4) is 11.5 Å². The summed E-state index contributed by atoms with van der Waals surface area (Å²) in [4.78, 5) is 61.0. The summed E-state index contributed by atoms with van der Waals surface area (Å²) in [7, 11) is 0. The molecular formula is C44H70O11. The molecule has 0 radical (unpaired) electrons. The van der Waals surface area contributed by atoms with Gasteiger partial charge >= 0.3 is 17.9 Å². The zero-order chi connectivity index (χ0) is 40.9. The number of hydrogen-bond donors (Lipinski definition) is 3. The van der Waals surface area contributed by atoms with E-state index < -0.39 is 59.9 Å². The summed E-state index contributed by atoms with van der Waals surface area (Å²) in [5.41, 5.74) is -2.10. The molecule has 0 fully saturated rings. The van der Waals surface area contributed by atoms with Crippen LogP contribution >= 0.6 is 0 Å². The van der Waals surface area contributed by atoms with Crippen molar-refractivity contribution >= 4 is 35.6 Å². The molecule has 1 aromatic carbocycles. The molecule has 0 amide bonds. The van der Waals surface area contributed by atoms with Crippen LogP contribution in [0, 0.1) is 11.3 Å². The number of Topliss-reactive ketones (excluding diaryl/α,β-unsaturated/α-hetero) is 2. The Kier molecular flexibility index (Phi) is 26.5. The van der Waals surface area contributed by atoms with E-state index in [1.54, 1.807) is 18.2 Å². The molecule has 0 saturated carbocycles. The summed E-state index contributed by atoms with van der Waals surface area (Å²) in [5.74, 6) is -7.73. The van der Waals surface area contributed by atoms with Gasteiger partial charge in [-0.15, -0.1) is 0 Å². The Morgan fingerprint density at radius 3 is 1.55 bits per heavy atom. The van der Waals surface area contributed by atoms with Crippen molar-refractivity contribution in [3.63, 3.8) is 0 Å². The molecule has 11 heteroatoms. The highest BCUT2D eigenvalue weighted by Crippen LogP contribution is 2.36. The van der Waals surface area contributed by atoms with Crippen LogP contribution in [0.2, 0.25) is 0 Å². The number of aliphatic carboxylic acids is 2. The minimum atomic E-state index is -2.74. The van der Waals surface area contributed by atoms with Crippen LogP contribution in [0.3, 0.4) is 0 Å². The van der Waals surface area contributed by atoms with Crippen LogP contribution in [-0.2, 0) is 28.7 Å². The Hall–Kier alpha value is -3.73. The molecule has 1 aromatic rings. The maximum absolute atomic E-state index is 12.6. The van der Waals surface area contributed by atoms with E-state index in [9.17, 15) is 39.3 Å². The van der Waals surface area contributed by atoms with Crippen molar-refractivity contribution < 1.29 is 53.5 Å². The number of aliphatic hydroxyl groups is 1. The summed E-state index contributed by atoms with van der Waals surface area (Å²) in [5, 5.41) is 29.9. The molecule has 11 nitrogen and oxygen atoms in total. The van der Waals surface area contributed by atoms with E-state index in [1.807, 2.05) is 0 Å². The highest BCUT2D eigenvalue weighted by atomic mass is 16.5. The number of unbranched alkanes of at least 4 members (excludes halogenated alkanes) is 18. The third-order valence-corrected chi connectivity index (χ3v) is 10.0. The van der Waals surface area contributed by atoms with Gasteiger partial charge in [-0.25, -0.2) is 4.79 Å². The van der Waals surface area contributed by atoms with Gasteiger partial charge in [0.05, 0.1) is 19.3 Å². The van der Waals surface area contributed by atoms with Gasteiger partial charge in [0, 0.05) is 12.5 Å². The second-order valence-corrected chi connectivity index (χ2v) is 14.8. The van der Waals surface area contributed by atoms with E-state index in [4.69, 9.17) is 14.2 Å². The van der Waals surface area contributed by atoms with Crippen LogP contribution in [0.1, 0.15) is 168 Å². The molecule has 0 spiro atoms. The zero-order valence-electron chi connectivity index (χ0n) is 34.1. The number of aliphatic hydroxyl groups excluding tert-OH is 1. The van der Waals surface area contributed by atoms with Crippen molar-refractivity contribution in [1.82, 2.24) is 0 Å². The Morgan fingerprint density at radius 1 is 0.673 bits per heavy atom. The van der Waals surface area contributed by atoms with Gasteiger partial charge in [-0.3, -0.25) is 19.2 Å². The lowest BCUT2D eigenvalue weighted by atomic mass is 9.67. The van der Waals surface area contributed by atoms with Crippen molar-refractivity contribution in [2.45, 2.75) is 169 Å².